The average Bonchev–Trinajstić information content (AvgIpc) is 2.86. The molecule has 0 amide bonds. The van der Waals surface area contributed by atoms with E-state index >= 15 is 0 Å². The van der Waals surface area contributed by atoms with Gasteiger partial charge in [0, 0.05) is 16.4 Å². The highest BCUT2D eigenvalue weighted by Gasteiger charge is 2.17. The molecule has 5 nitrogen and oxygen atoms in total. The summed E-state index contributed by atoms with van der Waals surface area (Å²) in [5, 5.41) is 9.27. The number of hydrogen-bond acceptors (Lipinski definition) is 4. The highest BCUT2D eigenvalue weighted by atomic mass is 35.5. The Kier molecular flexibility index (Phi) is 5.00. The van der Waals surface area contributed by atoms with Crippen LogP contribution in [0.4, 0.5) is 0 Å². The minimum absolute atomic E-state index is 0.104. The topological polar surface area (TPSA) is 83.5 Å². The lowest BCUT2D eigenvalue weighted by Gasteiger charge is -2.05. The molecule has 0 aliphatic carbocycles. The summed E-state index contributed by atoms with van der Waals surface area (Å²) in [6, 6.07) is 9.75. The Labute approximate surface area is 131 Å². The Hall–Kier alpha value is -1.41. The normalized spacial score (nSPS) is 11.5. The molecule has 0 radical (unpaired) electrons. The van der Waals surface area contributed by atoms with Crippen LogP contribution in [-0.4, -0.2) is 19.5 Å². The smallest absolute Gasteiger partial charge is 0.308 e. The molecule has 2 N–H and O–H groups in total. The highest BCUT2D eigenvalue weighted by molar-refractivity contribution is 7.91. The fourth-order valence-electron chi connectivity index (χ4n) is 1.60. The molecule has 1 aromatic heterocycles. The van der Waals surface area contributed by atoms with Crippen LogP contribution in [-0.2, 0) is 27.8 Å². The predicted octanol–water partition coefficient (Wildman–Crippen LogP) is 2.51. The average molecular weight is 346 g/mol. The van der Waals surface area contributed by atoms with Gasteiger partial charge in [-0.25, -0.2) is 13.1 Å². The van der Waals surface area contributed by atoms with Gasteiger partial charge >= 0.3 is 5.97 Å². The Bertz CT molecular complexity index is 738. The summed E-state index contributed by atoms with van der Waals surface area (Å²) in [6.45, 7) is 0.145. The first-order valence-electron chi connectivity index (χ1n) is 5.91. The minimum atomic E-state index is -3.64. The van der Waals surface area contributed by atoms with E-state index in [2.05, 4.69) is 4.72 Å². The van der Waals surface area contributed by atoms with Gasteiger partial charge in [-0.05, 0) is 29.8 Å². The van der Waals surface area contributed by atoms with Crippen molar-refractivity contribution < 1.29 is 18.3 Å². The van der Waals surface area contributed by atoms with Crippen LogP contribution in [0.3, 0.4) is 0 Å². The van der Waals surface area contributed by atoms with Crippen LogP contribution >= 0.6 is 22.9 Å². The van der Waals surface area contributed by atoms with Crippen molar-refractivity contribution in [1.29, 1.82) is 0 Å². The number of benzene rings is 1. The lowest BCUT2D eigenvalue weighted by molar-refractivity contribution is -0.136. The van der Waals surface area contributed by atoms with Gasteiger partial charge in [-0.15, -0.1) is 11.3 Å². The Morgan fingerprint density at radius 1 is 1.19 bits per heavy atom. The number of carbonyl (C=O) groups is 1. The zero-order valence-corrected chi connectivity index (χ0v) is 13.1. The number of aliphatic carboxylic acids is 1. The predicted molar refractivity (Wildman–Crippen MR) is 81.1 cm³/mol. The van der Waals surface area contributed by atoms with Gasteiger partial charge in [0.05, 0.1) is 6.42 Å². The van der Waals surface area contributed by atoms with Gasteiger partial charge in [0.25, 0.3) is 0 Å². The van der Waals surface area contributed by atoms with Crippen molar-refractivity contribution in [3.63, 3.8) is 0 Å². The van der Waals surface area contributed by atoms with Crippen molar-refractivity contribution in [2.75, 3.05) is 0 Å². The fraction of sp³-hybridized carbons (Fsp3) is 0.154. The number of thiophene rings is 1. The highest BCUT2D eigenvalue weighted by Crippen LogP contribution is 2.22. The van der Waals surface area contributed by atoms with Crippen LogP contribution in [0.15, 0.2) is 40.6 Å². The van der Waals surface area contributed by atoms with E-state index in [9.17, 15) is 13.2 Å². The standard InChI is InChI=1S/C13H12ClNO4S2/c14-10-3-1-9(2-4-10)8-15-21(18,19)13-6-5-11(20-13)7-12(16)17/h1-6,15H,7-8H2,(H,16,17). The molecule has 0 atom stereocenters. The molecule has 0 saturated heterocycles. The molecule has 2 aromatic rings. The SMILES string of the molecule is O=C(O)Cc1ccc(S(=O)(=O)NCc2ccc(Cl)cc2)s1. The maximum Gasteiger partial charge on any atom is 0.308 e. The van der Waals surface area contributed by atoms with Gasteiger partial charge in [0.2, 0.25) is 10.0 Å². The van der Waals surface area contributed by atoms with E-state index in [0.717, 1.165) is 16.9 Å². The van der Waals surface area contributed by atoms with Gasteiger partial charge in [0.1, 0.15) is 4.21 Å². The number of rotatable bonds is 6. The molecule has 0 aliphatic rings. The third-order valence-corrected chi connectivity index (χ3v) is 5.84. The monoisotopic (exact) mass is 345 g/mol. The van der Waals surface area contributed by atoms with E-state index in [0.29, 0.717) is 9.90 Å². The van der Waals surface area contributed by atoms with Crippen LogP contribution in [0.2, 0.25) is 5.02 Å². The molecule has 21 heavy (non-hydrogen) atoms. The zero-order chi connectivity index (χ0) is 15.5. The summed E-state index contributed by atoms with van der Waals surface area (Å²) < 4.78 is 26.8. The number of hydrogen-bond donors (Lipinski definition) is 2. The van der Waals surface area contributed by atoms with E-state index < -0.39 is 16.0 Å². The second kappa shape index (κ2) is 6.57. The number of sulfonamides is 1. The number of carboxylic acids is 1. The number of halogens is 1. The third kappa shape index (κ3) is 4.53. The zero-order valence-electron chi connectivity index (χ0n) is 10.7. The minimum Gasteiger partial charge on any atom is -0.481 e. The molecule has 1 aromatic carbocycles. The first-order valence-corrected chi connectivity index (χ1v) is 8.59. The fourth-order valence-corrected chi connectivity index (χ4v) is 4.13. The van der Waals surface area contributed by atoms with Gasteiger partial charge in [-0.2, -0.15) is 0 Å². The van der Waals surface area contributed by atoms with E-state index in [1.54, 1.807) is 24.3 Å². The number of nitrogens with one attached hydrogen (secondary N) is 1. The Morgan fingerprint density at radius 2 is 1.86 bits per heavy atom. The number of carboxylic acid groups (broad SMARTS) is 1. The van der Waals surface area contributed by atoms with E-state index in [-0.39, 0.29) is 17.2 Å². The summed E-state index contributed by atoms with van der Waals surface area (Å²) in [6.07, 6.45) is -0.183. The maximum atomic E-state index is 12.1. The Morgan fingerprint density at radius 3 is 2.48 bits per heavy atom. The molecule has 0 aliphatic heterocycles. The van der Waals surface area contributed by atoms with Crippen molar-refractivity contribution in [2.24, 2.45) is 0 Å². The van der Waals surface area contributed by atoms with E-state index in [1.807, 2.05) is 0 Å². The lowest BCUT2D eigenvalue weighted by Crippen LogP contribution is -2.22. The van der Waals surface area contributed by atoms with Crippen LogP contribution in [0.1, 0.15) is 10.4 Å². The summed E-state index contributed by atoms with van der Waals surface area (Å²) >= 11 is 6.71. The largest absolute Gasteiger partial charge is 0.481 e. The second-order valence-corrected chi connectivity index (χ2v) is 7.84. The van der Waals surface area contributed by atoms with Crippen molar-refractivity contribution in [2.45, 2.75) is 17.2 Å². The van der Waals surface area contributed by atoms with Crippen molar-refractivity contribution in [3.05, 3.63) is 51.9 Å². The molecule has 112 valence electrons. The molecule has 1 heterocycles. The molecule has 0 spiro atoms. The molecule has 2 rings (SSSR count). The van der Waals surface area contributed by atoms with Crippen LogP contribution in [0.5, 0.6) is 0 Å². The second-order valence-electron chi connectivity index (χ2n) is 4.24. The Balaban J connectivity index is 2.06. The van der Waals surface area contributed by atoms with Gasteiger partial charge < -0.3 is 5.11 Å². The van der Waals surface area contributed by atoms with Gasteiger partial charge in [0.15, 0.2) is 0 Å². The first-order chi connectivity index (χ1) is 9.87. The van der Waals surface area contributed by atoms with Crippen molar-refractivity contribution >= 4 is 38.9 Å². The van der Waals surface area contributed by atoms with E-state index in [1.165, 1.54) is 12.1 Å². The molecule has 0 unspecified atom stereocenters. The van der Waals surface area contributed by atoms with Gasteiger partial charge in [-0.1, -0.05) is 23.7 Å². The third-order valence-electron chi connectivity index (χ3n) is 2.61. The first kappa shape index (κ1) is 16.0. The molecule has 0 bridgehead atoms. The lowest BCUT2D eigenvalue weighted by atomic mass is 10.2. The van der Waals surface area contributed by atoms with Gasteiger partial charge in [-0.3, -0.25) is 4.79 Å². The van der Waals surface area contributed by atoms with Crippen molar-refractivity contribution in [3.8, 4) is 0 Å². The van der Waals surface area contributed by atoms with Crippen molar-refractivity contribution in [1.82, 2.24) is 4.72 Å². The quantitative estimate of drug-likeness (QED) is 0.842. The summed E-state index contributed by atoms with van der Waals surface area (Å²) in [7, 11) is -3.64. The van der Waals surface area contributed by atoms with Crippen LogP contribution in [0, 0.1) is 0 Å². The molecule has 0 saturated carbocycles. The van der Waals surface area contributed by atoms with Crippen LogP contribution in [0.25, 0.3) is 0 Å². The summed E-state index contributed by atoms with van der Waals surface area (Å²) in [5.41, 5.74) is 0.783. The molecule has 0 fully saturated rings. The molecular formula is C13H12ClNO4S2. The summed E-state index contributed by atoms with van der Waals surface area (Å²) in [4.78, 5) is 11.1. The maximum absolute atomic E-state index is 12.1. The molecular weight excluding hydrogens is 334 g/mol. The van der Waals surface area contributed by atoms with E-state index in [4.69, 9.17) is 16.7 Å². The summed E-state index contributed by atoms with van der Waals surface area (Å²) in [5.74, 6) is -0.991. The van der Waals surface area contributed by atoms with Crippen LogP contribution < -0.4 is 4.72 Å². The molecule has 8 heteroatoms.